The van der Waals surface area contributed by atoms with E-state index in [4.69, 9.17) is 15.2 Å². The fraction of sp³-hybridized carbons (Fsp3) is 0.294. The lowest BCUT2D eigenvalue weighted by Gasteiger charge is -2.16. The standard InChI is InChI=1S/C17H20BrNO2/c1-3-10-20-15-6-4-5-7-16(15)21-17-11-13(18)8-9-14(17)12(2)19/h4-9,11-12H,3,10,19H2,1-2H3. The summed E-state index contributed by atoms with van der Waals surface area (Å²) in [6.45, 7) is 4.68. The maximum Gasteiger partial charge on any atom is 0.169 e. The Morgan fingerprint density at radius 3 is 2.48 bits per heavy atom. The highest BCUT2D eigenvalue weighted by Gasteiger charge is 2.12. The zero-order valence-corrected chi connectivity index (χ0v) is 13.9. The van der Waals surface area contributed by atoms with Crippen LogP contribution in [0.1, 0.15) is 31.9 Å². The van der Waals surface area contributed by atoms with E-state index in [-0.39, 0.29) is 6.04 Å². The maximum absolute atomic E-state index is 6.04. The minimum atomic E-state index is -0.100. The van der Waals surface area contributed by atoms with Crippen LogP contribution in [0.4, 0.5) is 0 Å². The van der Waals surface area contributed by atoms with Crippen molar-refractivity contribution in [2.24, 2.45) is 5.73 Å². The normalized spacial score (nSPS) is 12.0. The Bertz CT molecular complexity index is 599. The predicted octanol–water partition coefficient (Wildman–Crippen LogP) is 5.05. The molecule has 0 aliphatic rings. The van der Waals surface area contributed by atoms with Crippen LogP contribution in [-0.4, -0.2) is 6.61 Å². The summed E-state index contributed by atoms with van der Waals surface area (Å²) in [4.78, 5) is 0. The fourth-order valence-electron chi connectivity index (χ4n) is 1.96. The molecule has 1 unspecified atom stereocenters. The van der Waals surface area contributed by atoms with E-state index in [1.54, 1.807) is 0 Å². The summed E-state index contributed by atoms with van der Waals surface area (Å²) >= 11 is 3.47. The Morgan fingerprint density at radius 2 is 1.81 bits per heavy atom. The third kappa shape index (κ3) is 4.22. The number of hydrogen-bond donors (Lipinski definition) is 1. The second-order valence-electron chi connectivity index (χ2n) is 4.87. The summed E-state index contributed by atoms with van der Waals surface area (Å²) in [5.74, 6) is 2.19. The van der Waals surface area contributed by atoms with Crippen molar-refractivity contribution in [1.29, 1.82) is 0 Å². The Kier molecular flexibility index (Phi) is 5.65. The molecule has 0 amide bonds. The van der Waals surface area contributed by atoms with Gasteiger partial charge in [0, 0.05) is 16.1 Å². The minimum absolute atomic E-state index is 0.100. The van der Waals surface area contributed by atoms with Gasteiger partial charge in [-0.3, -0.25) is 0 Å². The average molecular weight is 350 g/mol. The monoisotopic (exact) mass is 349 g/mol. The van der Waals surface area contributed by atoms with Crippen molar-refractivity contribution in [1.82, 2.24) is 0 Å². The molecule has 1 atom stereocenters. The van der Waals surface area contributed by atoms with Crippen LogP contribution in [0.3, 0.4) is 0 Å². The molecular weight excluding hydrogens is 330 g/mol. The summed E-state index contributed by atoms with van der Waals surface area (Å²) in [7, 11) is 0. The summed E-state index contributed by atoms with van der Waals surface area (Å²) in [6, 6.07) is 13.4. The van der Waals surface area contributed by atoms with Crippen molar-refractivity contribution in [2.75, 3.05) is 6.61 Å². The molecule has 0 bridgehead atoms. The summed E-state index contributed by atoms with van der Waals surface area (Å²) < 4.78 is 12.7. The van der Waals surface area contributed by atoms with Crippen LogP contribution >= 0.6 is 15.9 Å². The fourth-order valence-corrected chi connectivity index (χ4v) is 2.30. The van der Waals surface area contributed by atoms with E-state index < -0.39 is 0 Å². The van der Waals surface area contributed by atoms with Gasteiger partial charge in [0.15, 0.2) is 11.5 Å². The minimum Gasteiger partial charge on any atom is -0.490 e. The van der Waals surface area contributed by atoms with E-state index in [1.807, 2.05) is 49.4 Å². The van der Waals surface area contributed by atoms with Gasteiger partial charge in [0.05, 0.1) is 6.61 Å². The van der Waals surface area contributed by atoms with Gasteiger partial charge in [-0.2, -0.15) is 0 Å². The summed E-state index contributed by atoms with van der Waals surface area (Å²) in [5.41, 5.74) is 6.97. The Hall–Kier alpha value is -1.52. The summed E-state index contributed by atoms with van der Waals surface area (Å²) in [6.07, 6.45) is 0.955. The van der Waals surface area contributed by atoms with Gasteiger partial charge in [0.1, 0.15) is 5.75 Å². The first-order valence-electron chi connectivity index (χ1n) is 7.06. The number of nitrogens with two attached hydrogens (primary N) is 1. The second kappa shape index (κ2) is 7.48. The lowest BCUT2D eigenvalue weighted by atomic mass is 10.1. The van der Waals surface area contributed by atoms with Gasteiger partial charge in [0.2, 0.25) is 0 Å². The first-order valence-corrected chi connectivity index (χ1v) is 7.85. The van der Waals surface area contributed by atoms with E-state index in [1.165, 1.54) is 0 Å². The molecule has 2 aromatic carbocycles. The summed E-state index contributed by atoms with van der Waals surface area (Å²) in [5, 5.41) is 0. The molecule has 2 N–H and O–H groups in total. The van der Waals surface area contributed by atoms with Gasteiger partial charge < -0.3 is 15.2 Å². The van der Waals surface area contributed by atoms with E-state index in [2.05, 4.69) is 22.9 Å². The third-order valence-corrected chi connectivity index (χ3v) is 3.49. The van der Waals surface area contributed by atoms with Crippen molar-refractivity contribution in [3.05, 3.63) is 52.5 Å². The van der Waals surface area contributed by atoms with Crippen LogP contribution in [0.25, 0.3) is 0 Å². The Labute approximate surface area is 134 Å². The highest BCUT2D eigenvalue weighted by atomic mass is 79.9. The molecule has 2 rings (SSSR count). The lowest BCUT2D eigenvalue weighted by molar-refractivity contribution is 0.301. The van der Waals surface area contributed by atoms with Crippen molar-refractivity contribution in [3.8, 4) is 17.2 Å². The molecule has 0 aromatic heterocycles. The number of para-hydroxylation sites is 2. The molecule has 0 spiro atoms. The van der Waals surface area contributed by atoms with Gasteiger partial charge in [-0.1, -0.05) is 41.1 Å². The second-order valence-corrected chi connectivity index (χ2v) is 5.78. The largest absolute Gasteiger partial charge is 0.490 e. The van der Waals surface area contributed by atoms with E-state index >= 15 is 0 Å². The van der Waals surface area contributed by atoms with Crippen LogP contribution in [0.5, 0.6) is 17.2 Å². The first kappa shape index (κ1) is 15.9. The Morgan fingerprint density at radius 1 is 1.10 bits per heavy atom. The molecule has 0 saturated carbocycles. The van der Waals surface area contributed by atoms with Crippen LogP contribution in [0, 0.1) is 0 Å². The molecule has 21 heavy (non-hydrogen) atoms. The van der Waals surface area contributed by atoms with Crippen LogP contribution in [0.2, 0.25) is 0 Å². The van der Waals surface area contributed by atoms with Crippen molar-refractivity contribution >= 4 is 15.9 Å². The predicted molar refractivity (Wildman–Crippen MR) is 89.0 cm³/mol. The number of rotatable bonds is 6. The topological polar surface area (TPSA) is 44.5 Å². The quantitative estimate of drug-likeness (QED) is 0.793. The van der Waals surface area contributed by atoms with Crippen molar-refractivity contribution in [3.63, 3.8) is 0 Å². The lowest BCUT2D eigenvalue weighted by Crippen LogP contribution is -2.07. The van der Waals surface area contributed by atoms with Gasteiger partial charge >= 0.3 is 0 Å². The van der Waals surface area contributed by atoms with E-state index in [9.17, 15) is 0 Å². The van der Waals surface area contributed by atoms with Crippen molar-refractivity contribution < 1.29 is 9.47 Å². The van der Waals surface area contributed by atoms with Gasteiger partial charge in [-0.25, -0.2) is 0 Å². The molecular formula is C17H20BrNO2. The average Bonchev–Trinajstić information content (AvgIpc) is 2.46. The van der Waals surface area contributed by atoms with Gasteiger partial charge in [0.25, 0.3) is 0 Å². The molecule has 0 aliphatic heterocycles. The molecule has 2 aromatic rings. The van der Waals surface area contributed by atoms with E-state index in [0.29, 0.717) is 12.4 Å². The molecule has 112 valence electrons. The molecule has 3 nitrogen and oxygen atoms in total. The molecule has 0 radical (unpaired) electrons. The zero-order valence-electron chi connectivity index (χ0n) is 12.3. The smallest absolute Gasteiger partial charge is 0.169 e. The molecule has 0 aliphatic carbocycles. The number of halogens is 1. The first-order chi connectivity index (χ1) is 10.1. The molecule has 0 heterocycles. The number of ether oxygens (including phenoxy) is 2. The zero-order chi connectivity index (χ0) is 15.2. The van der Waals surface area contributed by atoms with E-state index in [0.717, 1.165) is 28.0 Å². The van der Waals surface area contributed by atoms with Gasteiger partial charge in [-0.05, 0) is 37.6 Å². The highest BCUT2D eigenvalue weighted by Crippen LogP contribution is 2.36. The molecule has 0 fully saturated rings. The van der Waals surface area contributed by atoms with Gasteiger partial charge in [-0.15, -0.1) is 0 Å². The number of hydrogen-bond acceptors (Lipinski definition) is 3. The van der Waals surface area contributed by atoms with Crippen LogP contribution < -0.4 is 15.2 Å². The van der Waals surface area contributed by atoms with Crippen LogP contribution in [0.15, 0.2) is 46.9 Å². The highest BCUT2D eigenvalue weighted by molar-refractivity contribution is 9.10. The number of benzene rings is 2. The third-order valence-electron chi connectivity index (χ3n) is 3.00. The maximum atomic E-state index is 6.04. The van der Waals surface area contributed by atoms with Crippen molar-refractivity contribution in [2.45, 2.75) is 26.3 Å². The Balaban J connectivity index is 2.31. The SMILES string of the molecule is CCCOc1ccccc1Oc1cc(Br)ccc1C(C)N. The van der Waals surface area contributed by atoms with Crippen LogP contribution in [-0.2, 0) is 0 Å². The molecule has 0 saturated heterocycles. The molecule has 4 heteroatoms.